The van der Waals surface area contributed by atoms with Crippen LogP contribution in [-0.2, 0) is 18.3 Å². The first kappa shape index (κ1) is 15.7. The number of H-pyrrole nitrogens is 1. The van der Waals surface area contributed by atoms with Crippen molar-refractivity contribution >= 4 is 11.8 Å². The first-order valence-corrected chi connectivity index (χ1v) is 7.38. The number of ether oxygens (including phenoxy) is 1. The highest BCUT2D eigenvalue weighted by Crippen LogP contribution is 2.25. The van der Waals surface area contributed by atoms with Gasteiger partial charge in [-0.05, 0) is 29.8 Å². The number of hydrogen-bond donors (Lipinski definition) is 2. The molecule has 7 nitrogen and oxygen atoms in total. The summed E-state index contributed by atoms with van der Waals surface area (Å²) >= 11 is 1.37. The molecule has 0 spiro atoms. The Bertz CT molecular complexity index is 652. The molecule has 2 heterocycles. The summed E-state index contributed by atoms with van der Waals surface area (Å²) < 4.78 is 6.45. The summed E-state index contributed by atoms with van der Waals surface area (Å²) in [4.78, 5) is 15.8. The molecule has 0 bridgehead atoms. The Morgan fingerprint density at radius 2 is 2.33 bits per heavy atom. The van der Waals surface area contributed by atoms with Gasteiger partial charge in [0.2, 0.25) is 0 Å². The van der Waals surface area contributed by atoms with Crippen molar-refractivity contribution in [2.75, 3.05) is 20.3 Å². The van der Waals surface area contributed by atoms with Gasteiger partial charge >= 0.3 is 5.69 Å². The molecule has 0 saturated heterocycles. The second-order valence-corrected chi connectivity index (χ2v) is 5.56. The van der Waals surface area contributed by atoms with Gasteiger partial charge in [-0.3, -0.25) is 4.57 Å². The van der Waals surface area contributed by atoms with Crippen LogP contribution in [0.3, 0.4) is 0 Å². The third-order valence-corrected chi connectivity index (χ3v) is 4.09. The quantitative estimate of drug-likeness (QED) is 0.732. The Kier molecular flexibility index (Phi) is 5.54. The van der Waals surface area contributed by atoms with E-state index < -0.39 is 0 Å². The van der Waals surface area contributed by atoms with E-state index in [1.165, 1.54) is 16.3 Å². The van der Waals surface area contributed by atoms with Crippen molar-refractivity contribution in [1.82, 2.24) is 25.1 Å². The average Bonchev–Trinajstić information content (AvgIpc) is 2.78. The third-order valence-electron chi connectivity index (χ3n) is 2.93. The van der Waals surface area contributed by atoms with Crippen molar-refractivity contribution in [3.05, 3.63) is 33.9 Å². The van der Waals surface area contributed by atoms with E-state index in [0.29, 0.717) is 11.8 Å². The summed E-state index contributed by atoms with van der Waals surface area (Å²) in [6.45, 7) is 4.25. The van der Waals surface area contributed by atoms with Gasteiger partial charge in [-0.25, -0.2) is 14.9 Å². The second-order valence-electron chi connectivity index (χ2n) is 4.61. The molecule has 2 aromatic heterocycles. The molecule has 114 valence electrons. The largest absolute Gasteiger partial charge is 0.383 e. The lowest BCUT2D eigenvalue weighted by Crippen LogP contribution is -2.18. The highest BCUT2D eigenvalue weighted by Gasteiger charge is 2.10. The van der Waals surface area contributed by atoms with Gasteiger partial charge in [-0.2, -0.15) is 0 Å². The van der Waals surface area contributed by atoms with Gasteiger partial charge in [0.1, 0.15) is 5.03 Å². The molecular weight excluding hydrogens is 290 g/mol. The fraction of sp³-hybridized carbons (Fsp3) is 0.462. The van der Waals surface area contributed by atoms with E-state index in [1.54, 1.807) is 14.2 Å². The zero-order valence-electron chi connectivity index (χ0n) is 12.3. The predicted octanol–water partition coefficient (Wildman–Crippen LogP) is 0.699. The summed E-state index contributed by atoms with van der Waals surface area (Å²) in [6.07, 6.45) is 1.83. The van der Waals surface area contributed by atoms with Crippen molar-refractivity contribution in [2.24, 2.45) is 7.05 Å². The molecule has 0 atom stereocenters. The van der Waals surface area contributed by atoms with Crippen LogP contribution in [0.25, 0.3) is 0 Å². The molecule has 2 rings (SSSR count). The van der Waals surface area contributed by atoms with Crippen LogP contribution in [0.2, 0.25) is 0 Å². The molecule has 21 heavy (non-hydrogen) atoms. The number of aryl methyl sites for hydroxylation is 1. The minimum Gasteiger partial charge on any atom is -0.383 e. The second kappa shape index (κ2) is 7.39. The Morgan fingerprint density at radius 1 is 1.52 bits per heavy atom. The highest BCUT2D eigenvalue weighted by atomic mass is 32.2. The van der Waals surface area contributed by atoms with E-state index >= 15 is 0 Å². The molecule has 0 amide bonds. The van der Waals surface area contributed by atoms with E-state index in [-0.39, 0.29) is 5.69 Å². The Hall–Kier alpha value is -1.64. The van der Waals surface area contributed by atoms with Gasteiger partial charge in [0.15, 0.2) is 5.16 Å². The van der Waals surface area contributed by atoms with E-state index in [2.05, 4.69) is 26.6 Å². The van der Waals surface area contributed by atoms with Crippen LogP contribution >= 0.6 is 11.8 Å². The number of nitrogens with one attached hydrogen (secondary N) is 2. The van der Waals surface area contributed by atoms with Crippen molar-refractivity contribution < 1.29 is 4.74 Å². The summed E-state index contributed by atoms with van der Waals surface area (Å²) in [5.74, 6) is 0. The lowest BCUT2D eigenvalue weighted by molar-refractivity contribution is 0.199. The summed E-state index contributed by atoms with van der Waals surface area (Å²) in [5.41, 5.74) is 1.94. The molecule has 0 aromatic carbocycles. The number of aromatic nitrogens is 4. The van der Waals surface area contributed by atoms with Crippen molar-refractivity contribution in [2.45, 2.75) is 23.7 Å². The number of rotatable bonds is 7. The smallest absolute Gasteiger partial charge is 0.343 e. The van der Waals surface area contributed by atoms with Crippen LogP contribution in [-0.4, -0.2) is 40.0 Å². The lowest BCUT2D eigenvalue weighted by atomic mass is 10.2. The monoisotopic (exact) mass is 309 g/mol. The molecule has 0 aliphatic carbocycles. The zero-order valence-corrected chi connectivity index (χ0v) is 13.2. The number of methoxy groups -OCH3 is 1. The van der Waals surface area contributed by atoms with Gasteiger partial charge in [0.25, 0.3) is 0 Å². The van der Waals surface area contributed by atoms with Crippen LogP contribution < -0.4 is 11.0 Å². The number of hydrogen-bond acceptors (Lipinski definition) is 6. The zero-order chi connectivity index (χ0) is 15.2. The highest BCUT2D eigenvalue weighted by molar-refractivity contribution is 7.99. The Balaban J connectivity index is 2.02. The van der Waals surface area contributed by atoms with Gasteiger partial charge in [-0.1, -0.05) is 6.07 Å². The van der Waals surface area contributed by atoms with Crippen LogP contribution in [0.1, 0.15) is 11.1 Å². The molecule has 2 N–H and O–H groups in total. The molecule has 8 heteroatoms. The lowest BCUT2D eigenvalue weighted by Gasteiger charge is -2.08. The van der Waals surface area contributed by atoms with Crippen LogP contribution in [0, 0.1) is 6.92 Å². The molecule has 0 saturated carbocycles. The molecule has 0 aliphatic heterocycles. The van der Waals surface area contributed by atoms with E-state index in [9.17, 15) is 4.79 Å². The Morgan fingerprint density at radius 3 is 2.95 bits per heavy atom. The minimum absolute atomic E-state index is 0.228. The van der Waals surface area contributed by atoms with Crippen molar-refractivity contribution in [1.29, 1.82) is 0 Å². The SMILES string of the molecule is COCCNCc1cnc(Sc2n[nH]c(=O)n2C)c(C)c1. The van der Waals surface area contributed by atoms with Crippen LogP contribution in [0.15, 0.2) is 27.2 Å². The molecule has 2 aromatic rings. The van der Waals surface area contributed by atoms with Gasteiger partial charge in [0.05, 0.1) is 6.61 Å². The fourth-order valence-electron chi connectivity index (χ4n) is 1.74. The van der Waals surface area contributed by atoms with Crippen molar-refractivity contribution in [3.63, 3.8) is 0 Å². The standard InChI is InChI=1S/C13H19N5O2S/c1-9-6-10(7-14-4-5-20-3)8-15-11(9)21-13-17-16-12(19)18(13)2/h6,8,14H,4-5,7H2,1-3H3,(H,16,19). The third kappa shape index (κ3) is 4.16. The molecule has 0 aliphatic rings. The molecule has 0 unspecified atom stereocenters. The Labute approximate surface area is 127 Å². The number of aromatic amines is 1. The maximum Gasteiger partial charge on any atom is 0.343 e. The molecule has 0 radical (unpaired) electrons. The topological polar surface area (TPSA) is 84.8 Å². The summed E-state index contributed by atoms with van der Waals surface area (Å²) in [7, 11) is 3.36. The maximum absolute atomic E-state index is 11.3. The van der Waals surface area contributed by atoms with Crippen LogP contribution in [0.5, 0.6) is 0 Å². The average molecular weight is 309 g/mol. The summed E-state index contributed by atoms with van der Waals surface area (Å²) in [5, 5.41) is 11.1. The van der Waals surface area contributed by atoms with Gasteiger partial charge < -0.3 is 10.1 Å². The normalized spacial score (nSPS) is 11.0. The van der Waals surface area contributed by atoms with Crippen molar-refractivity contribution in [3.8, 4) is 0 Å². The predicted molar refractivity (Wildman–Crippen MR) is 80.5 cm³/mol. The van der Waals surface area contributed by atoms with Crippen LogP contribution in [0.4, 0.5) is 0 Å². The first-order chi connectivity index (χ1) is 10.1. The molecular formula is C13H19N5O2S. The van der Waals surface area contributed by atoms with E-state index in [1.807, 2.05) is 13.1 Å². The summed E-state index contributed by atoms with van der Waals surface area (Å²) in [6, 6.07) is 2.08. The van der Waals surface area contributed by atoms with Gasteiger partial charge in [-0.15, -0.1) is 5.10 Å². The number of nitrogens with zero attached hydrogens (tertiary/aromatic N) is 3. The number of pyridine rings is 1. The molecule has 0 fully saturated rings. The first-order valence-electron chi connectivity index (χ1n) is 6.56. The van der Waals surface area contributed by atoms with Gasteiger partial charge in [0, 0.05) is 33.4 Å². The van der Waals surface area contributed by atoms with E-state index in [4.69, 9.17) is 4.74 Å². The fourth-order valence-corrected chi connectivity index (χ4v) is 2.55. The minimum atomic E-state index is -0.228. The van der Waals surface area contributed by atoms with E-state index in [0.717, 1.165) is 29.2 Å². The maximum atomic E-state index is 11.3.